The molecule has 0 N–H and O–H groups in total. The molecule has 0 spiro atoms. The fourth-order valence-corrected chi connectivity index (χ4v) is 5.74. The Morgan fingerprint density at radius 1 is 0.857 bits per heavy atom. The van der Waals surface area contributed by atoms with Crippen LogP contribution in [0.25, 0.3) is 5.76 Å². The van der Waals surface area contributed by atoms with Gasteiger partial charge >= 0.3 is 0 Å². The van der Waals surface area contributed by atoms with Gasteiger partial charge in [-0.05, 0) is 55.8 Å². The molecule has 1 heterocycles. The van der Waals surface area contributed by atoms with Crippen LogP contribution in [0, 0.1) is 23.7 Å². The van der Waals surface area contributed by atoms with E-state index in [2.05, 4.69) is 41.4 Å². The van der Waals surface area contributed by atoms with E-state index >= 15 is 0 Å². The van der Waals surface area contributed by atoms with Crippen LogP contribution in [0.4, 0.5) is 0 Å². The molecule has 1 aromatic rings. The monoisotopic (exact) mass is 281 g/mol. The van der Waals surface area contributed by atoms with Gasteiger partial charge in [-0.3, -0.25) is 0 Å². The molecule has 21 heavy (non-hydrogen) atoms. The number of nitrogens with zero attached hydrogens (tertiary/aromatic N) is 1. The quantitative estimate of drug-likeness (QED) is 0.809. The van der Waals surface area contributed by atoms with Crippen LogP contribution in [0.1, 0.15) is 37.7 Å². The SMILES string of the molecule is C1=C(c2ccccc2)OCN1C1C2CC3CC(C2)CC1C3. The number of benzene rings is 1. The fraction of sp³-hybridized carbons (Fsp3) is 0.579. The van der Waals surface area contributed by atoms with E-state index in [-0.39, 0.29) is 0 Å². The molecule has 5 aliphatic rings. The van der Waals surface area contributed by atoms with Crippen LogP contribution in [-0.4, -0.2) is 17.7 Å². The normalized spacial score (nSPS) is 40.3. The van der Waals surface area contributed by atoms with Crippen LogP contribution >= 0.6 is 0 Å². The minimum Gasteiger partial charge on any atom is -0.471 e. The van der Waals surface area contributed by atoms with Gasteiger partial charge in [0, 0.05) is 17.8 Å². The molecule has 0 saturated heterocycles. The van der Waals surface area contributed by atoms with E-state index in [1.807, 2.05) is 0 Å². The summed E-state index contributed by atoms with van der Waals surface area (Å²) in [4.78, 5) is 2.52. The van der Waals surface area contributed by atoms with Gasteiger partial charge in [-0.1, -0.05) is 30.3 Å². The summed E-state index contributed by atoms with van der Waals surface area (Å²) < 4.78 is 6.00. The predicted molar refractivity (Wildman–Crippen MR) is 83.0 cm³/mol. The molecule has 2 nitrogen and oxygen atoms in total. The average Bonchev–Trinajstić information content (AvgIpc) is 2.97. The summed E-state index contributed by atoms with van der Waals surface area (Å²) in [7, 11) is 0. The van der Waals surface area contributed by atoms with E-state index in [9.17, 15) is 0 Å². The lowest BCUT2D eigenvalue weighted by atomic mass is 9.54. The molecule has 6 rings (SSSR count). The minimum absolute atomic E-state index is 0.749. The molecule has 0 amide bonds. The van der Waals surface area contributed by atoms with Gasteiger partial charge in [-0.15, -0.1) is 0 Å². The second-order valence-electron chi connectivity index (χ2n) is 7.57. The topological polar surface area (TPSA) is 12.5 Å². The van der Waals surface area contributed by atoms with Crippen molar-refractivity contribution in [2.45, 2.75) is 38.1 Å². The van der Waals surface area contributed by atoms with Crippen molar-refractivity contribution in [1.29, 1.82) is 0 Å². The molecule has 0 aromatic heterocycles. The van der Waals surface area contributed by atoms with Gasteiger partial charge < -0.3 is 9.64 Å². The third-order valence-electron chi connectivity index (χ3n) is 6.27. The molecule has 4 fully saturated rings. The van der Waals surface area contributed by atoms with Crippen molar-refractivity contribution in [3.8, 4) is 0 Å². The molecule has 4 bridgehead atoms. The first-order valence-electron chi connectivity index (χ1n) is 8.52. The van der Waals surface area contributed by atoms with Gasteiger partial charge in [-0.2, -0.15) is 0 Å². The van der Waals surface area contributed by atoms with Gasteiger partial charge in [-0.25, -0.2) is 0 Å². The molecule has 110 valence electrons. The molecule has 2 heteroatoms. The van der Waals surface area contributed by atoms with Crippen molar-refractivity contribution in [1.82, 2.24) is 4.90 Å². The van der Waals surface area contributed by atoms with E-state index in [1.54, 1.807) is 0 Å². The summed E-state index contributed by atoms with van der Waals surface area (Å²) in [6, 6.07) is 11.3. The predicted octanol–water partition coefficient (Wildman–Crippen LogP) is 4.10. The number of ether oxygens (including phenoxy) is 1. The van der Waals surface area contributed by atoms with Crippen molar-refractivity contribution < 1.29 is 4.74 Å². The van der Waals surface area contributed by atoms with E-state index in [1.165, 1.54) is 37.7 Å². The van der Waals surface area contributed by atoms with E-state index in [0.29, 0.717) is 0 Å². The first-order valence-corrected chi connectivity index (χ1v) is 8.52. The Bertz CT molecular complexity index is 536. The number of hydrogen-bond acceptors (Lipinski definition) is 2. The number of hydrogen-bond donors (Lipinski definition) is 0. The summed E-state index contributed by atoms with van der Waals surface area (Å²) in [6.07, 6.45) is 9.72. The molecule has 4 saturated carbocycles. The summed E-state index contributed by atoms with van der Waals surface area (Å²) in [5, 5.41) is 0. The zero-order valence-electron chi connectivity index (χ0n) is 12.4. The van der Waals surface area contributed by atoms with E-state index in [0.717, 1.165) is 42.2 Å². The van der Waals surface area contributed by atoms with Crippen molar-refractivity contribution >= 4 is 5.76 Å². The second kappa shape index (κ2) is 4.53. The Morgan fingerprint density at radius 2 is 1.52 bits per heavy atom. The average molecular weight is 281 g/mol. The molecule has 0 radical (unpaired) electrons. The van der Waals surface area contributed by atoms with Crippen LogP contribution in [-0.2, 0) is 4.74 Å². The van der Waals surface area contributed by atoms with Crippen molar-refractivity contribution in [3.05, 3.63) is 42.1 Å². The highest BCUT2D eigenvalue weighted by Crippen LogP contribution is 2.55. The van der Waals surface area contributed by atoms with Gasteiger partial charge in [0.15, 0.2) is 6.73 Å². The third kappa shape index (κ3) is 1.91. The molecular formula is C19H23NO. The highest BCUT2D eigenvalue weighted by molar-refractivity contribution is 5.60. The Labute approximate surface area is 126 Å². The second-order valence-corrected chi connectivity index (χ2v) is 7.57. The van der Waals surface area contributed by atoms with Gasteiger partial charge in [0.1, 0.15) is 5.76 Å². The zero-order valence-corrected chi connectivity index (χ0v) is 12.4. The van der Waals surface area contributed by atoms with Crippen molar-refractivity contribution in [3.63, 3.8) is 0 Å². The number of rotatable bonds is 2. The molecule has 4 aliphatic carbocycles. The van der Waals surface area contributed by atoms with Gasteiger partial charge in [0.25, 0.3) is 0 Å². The lowest BCUT2D eigenvalue weighted by Gasteiger charge is -2.56. The van der Waals surface area contributed by atoms with E-state index in [4.69, 9.17) is 4.74 Å². The highest BCUT2D eigenvalue weighted by atomic mass is 16.5. The first-order chi connectivity index (χ1) is 10.4. The van der Waals surface area contributed by atoms with Crippen LogP contribution < -0.4 is 0 Å². The zero-order chi connectivity index (χ0) is 13.8. The largest absolute Gasteiger partial charge is 0.471 e. The standard InChI is InChI=1S/C19H23NO/c1-2-4-15(5-3-1)18-11-20(12-21-18)19-16-7-13-6-14(9-16)10-17(19)8-13/h1-5,11,13-14,16-17,19H,6-10,12H2. The molecule has 0 unspecified atom stereocenters. The summed E-state index contributed by atoms with van der Waals surface area (Å²) >= 11 is 0. The maximum absolute atomic E-state index is 6.00. The first kappa shape index (κ1) is 12.1. The maximum Gasteiger partial charge on any atom is 0.161 e. The Morgan fingerprint density at radius 3 is 2.19 bits per heavy atom. The van der Waals surface area contributed by atoms with Crippen LogP contribution in [0.3, 0.4) is 0 Å². The molecule has 1 aromatic carbocycles. The Balaban J connectivity index is 1.41. The highest BCUT2D eigenvalue weighted by Gasteiger charge is 2.50. The van der Waals surface area contributed by atoms with Crippen LogP contribution in [0.5, 0.6) is 0 Å². The molecule has 0 atom stereocenters. The summed E-state index contributed by atoms with van der Waals surface area (Å²) in [5.74, 6) is 5.01. The van der Waals surface area contributed by atoms with Gasteiger partial charge in [0.2, 0.25) is 0 Å². The lowest BCUT2D eigenvalue weighted by Crippen LogP contribution is -2.54. The van der Waals surface area contributed by atoms with Crippen LogP contribution in [0.2, 0.25) is 0 Å². The third-order valence-corrected chi connectivity index (χ3v) is 6.27. The Kier molecular flexibility index (Phi) is 2.62. The Hall–Kier alpha value is -1.44. The maximum atomic E-state index is 6.00. The van der Waals surface area contributed by atoms with Gasteiger partial charge in [0.05, 0.1) is 0 Å². The molecule has 1 aliphatic heterocycles. The summed E-state index contributed by atoms with van der Waals surface area (Å²) in [6.45, 7) is 0.761. The molecular weight excluding hydrogens is 258 g/mol. The van der Waals surface area contributed by atoms with Crippen molar-refractivity contribution in [2.24, 2.45) is 23.7 Å². The van der Waals surface area contributed by atoms with Crippen LogP contribution in [0.15, 0.2) is 36.5 Å². The minimum atomic E-state index is 0.749. The van der Waals surface area contributed by atoms with Crippen molar-refractivity contribution in [2.75, 3.05) is 6.73 Å². The fourth-order valence-electron chi connectivity index (χ4n) is 5.74. The lowest BCUT2D eigenvalue weighted by molar-refractivity contribution is -0.0615. The summed E-state index contributed by atoms with van der Waals surface area (Å²) in [5.41, 5.74) is 1.21. The smallest absolute Gasteiger partial charge is 0.161 e. The van der Waals surface area contributed by atoms with E-state index < -0.39 is 0 Å².